The zero-order valence-corrected chi connectivity index (χ0v) is 15.8. The third kappa shape index (κ3) is 3.39. The van der Waals surface area contributed by atoms with E-state index in [1.165, 1.54) is 12.8 Å². The molecule has 1 aliphatic heterocycles. The Balaban J connectivity index is 1.32. The van der Waals surface area contributed by atoms with Gasteiger partial charge in [-0.3, -0.25) is 4.79 Å². The van der Waals surface area contributed by atoms with E-state index in [0.717, 1.165) is 40.6 Å². The van der Waals surface area contributed by atoms with Crippen LogP contribution in [-0.4, -0.2) is 33.4 Å². The molecule has 6 nitrogen and oxygen atoms in total. The van der Waals surface area contributed by atoms with E-state index < -0.39 is 0 Å². The summed E-state index contributed by atoms with van der Waals surface area (Å²) in [6.45, 7) is 1.40. The minimum absolute atomic E-state index is 0.0650. The van der Waals surface area contributed by atoms with Gasteiger partial charge in [0, 0.05) is 19.0 Å². The molecule has 1 N–H and O–H groups in total. The smallest absolute Gasteiger partial charge is 0.243 e. The van der Waals surface area contributed by atoms with Gasteiger partial charge in [-0.2, -0.15) is 4.98 Å². The van der Waals surface area contributed by atoms with Crippen molar-refractivity contribution < 1.29 is 4.79 Å². The van der Waals surface area contributed by atoms with Gasteiger partial charge in [-0.1, -0.05) is 41.7 Å². The van der Waals surface area contributed by atoms with Gasteiger partial charge in [0.15, 0.2) is 15.6 Å². The SMILES string of the molecule is O=C(NCc1ccccc1)C1CCCN1c1nc2ncc(C3CC3)nc2s1. The maximum absolute atomic E-state index is 12.8. The summed E-state index contributed by atoms with van der Waals surface area (Å²) in [6, 6.07) is 9.83. The molecule has 3 heterocycles. The molecule has 1 saturated heterocycles. The summed E-state index contributed by atoms with van der Waals surface area (Å²) in [5.74, 6) is 0.644. The number of benzene rings is 1. The van der Waals surface area contributed by atoms with Crippen LogP contribution in [0.25, 0.3) is 10.5 Å². The fourth-order valence-corrected chi connectivity index (χ4v) is 4.57. The van der Waals surface area contributed by atoms with Gasteiger partial charge in [0.05, 0.1) is 11.9 Å². The highest BCUT2D eigenvalue weighted by molar-refractivity contribution is 7.21. The van der Waals surface area contributed by atoms with E-state index in [0.29, 0.717) is 18.1 Å². The Morgan fingerprint density at radius 3 is 2.85 bits per heavy atom. The quantitative estimate of drug-likeness (QED) is 0.737. The summed E-state index contributed by atoms with van der Waals surface area (Å²) in [7, 11) is 0. The number of carbonyl (C=O) groups excluding carboxylic acids is 1. The second-order valence-corrected chi connectivity index (χ2v) is 8.21. The molecule has 5 rings (SSSR count). The average Bonchev–Trinajstić information content (AvgIpc) is 3.28. The summed E-state index contributed by atoms with van der Waals surface area (Å²) < 4.78 is 0. The van der Waals surface area contributed by atoms with Crippen molar-refractivity contribution in [3.8, 4) is 0 Å². The predicted molar refractivity (Wildman–Crippen MR) is 106 cm³/mol. The van der Waals surface area contributed by atoms with Crippen molar-refractivity contribution in [2.75, 3.05) is 11.4 Å². The largest absolute Gasteiger partial charge is 0.350 e. The van der Waals surface area contributed by atoms with Crippen molar-refractivity contribution in [3.63, 3.8) is 0 Å². The van der Waals surface area contributed by atoms with Crippen molar-refractivity contribution >= 4 is 32.9 Å². The number of hydrogen-bond acceptors (Lipinski definition) is 6. The van der Waals surface area contributed by atoms with Crippen LogP contribution in [0.5, 0.6) is 0 Å². The lowest BCUT2D eigenvalue weighted by Gasteiger charge is -2.23. The molecular weight excluding hydrogens is 358 g/mol. The Morgan fingerprint density at radius 1 is 1.19 bits per heavy atom. The van der Waals surface area contributed by atoms with Gasteiger partial charge in [0.1, 0.15) is 6.04 Å². The number of anilines is 1. The third-order valence-corrected chi connectivity index (χ3v) is 6.21. The number of amides is 1. The maximum atomic E-state index is 12.8. The zero-order valence-electron chi connectivity index (χ0n) is 15.0. The molecule has 0 spiro atoms. The summed E-state index contributed by atoms with van der Waals surface area (Å²) in [6.07, 6.45) is 6.12. The van der Waals surface area contributed by atoms with Gasteiger partial charge in [0.2, 0.25) is 5.91 Å². The molecule has 0 bridgehead atoms. The van der Waals surface area contributed by atoms with E-state index in [1.807, 2.05) is 36.5 Å². The van der Waals surface area contributed by atoms with Crippen LogP contribution in [0.1, 0.15) is 42.9 Å². The molecule has 1 unspecified atom stereocenters. The normalized spacial score (nSPS) is 19.6. The highest BCUT2D eigenvalue weighted by Crippen LogP contribution is 2.40. The van der Waals surface area contributed by atoms with E-state index >= 15 is 0 Å². The molecule has 1 aromatic carbocycles. The van der Waals surface area contributed by atoms with Gasteiger partial charge in [-0.05, 0) is 31.2 Å². The second-order valence-electron chi connectivity index (χ2n) is 7.25. The van der Waals surface area contributed by atoms with Crippen LogP contribution >= 0.6 is 11.3 Å². The first kappa shape index (κ1) is 16.6. The predicted octanol–water partition coefficient (Wildman–Crippen LogP) is 3.25. The fourth-order valence-electron chi connectivity index (χ4n) is 3.59. The number of aromatic nitrogens is 3. The van der Waals surface area contributed by atoms with Gasteiger partial charge < -0.3 is 10.2 Å². The van der Waals surface area contributed by atoms with Crippen molar-refractivity contribution in [1.29, 1.82) is 0 Å². The first-order chi connectivity index (χ1) is 13.3. The van der Waals surface area contributed by atoms with E-state index in [9.17, 15) is 4.79 Å². The minimum Gasteiger partial charge on any atom is -0.350 e. The molecule has 1 aliphatic carbocycles. The molecule has 2 fully saturated rings. The molecule has 0 radical (unpaired) electrons. The van der Waals surface area contributed by atoms with Crippen LogP contribution in [0.15, 0.2) is 36.5 Å². The van der Waals surface area contributed by atoms with Crippen LogP contribution in [0, 0.1) is 0 Å². The lowest BCUT2D eigenvalue weighted by molar-refractivity contribution is -0.122. The van der Waals surface area contributed by atoms with Crippen molar-refractivity contribution in [3.05, 3.63) is 47.8 Å². The average molecular weight is 379 g/mol. The van der Waals surface area contributed by atoms with Crippen LogP contribution in [0.3, 0.4) is 0 Å². The lowest BCUT2D eigenvalue weighted by Crippen LogP contribution is -2.43. The van der Waals surface area contributed by atoms with Gasteiger partial charge in [-0.25, -0.2) is 9.97 Å². The van der Waals surface area contributed by atoms with Gasteiger partial charge in [-0.15, -0.1) is 0 Å². The molecular formula is C20H21N5OS. The van der Waals surface area contributed by atoms with E-state index in [2.05, 4.69) is 20.2 Å². The van der Waals surface area contributed by atoms with Gasteiger partial charge in [0.25, 0.3) is 0 Å². The zero-order chi connectivity index (χ0) is 18.2. The number of hydrogen-bond donors (Lipinski definition) is 1. The minimum atomic E-state index is -0.169. The maximum Gasteiger partial charge on any atom is 0.243 e. The van der Waals surface area contributed by atoms with Gasteiger partial charge >= 0.3 is 0 Å². The highest BCUT2D eigenvalue weighted by atomic mass is 32.1. The molecule has 27 heavy (non-hydrogen) atoms. The standard InChI is InChI=1S/C20H21N5OS/c26-18(22-11-13-5-2-1-3-6-13)16-7-4-10-25(16)20-24-17-19(27-20)23-15(12-21-17)14-8-9-14/h1-3,5-6,12,14,16H,4,7-11H2,(H,22,26). The Morgan fingerprint density at radius 2 is 2.04 bits per heavy atom. The Labute approximate surface area is 161 Å². The Bertz CT molecular complexity index is 969. The molecule has 3 aromatic rings. The molecule has 2 aliphatic rings. The molecule has 1 saturated carbocycles. The lowest BCUT2D eigenvalue weighted by atomic mass is 10.2. The third-order valence-electron chi connectivity index (χ3n) is 5.24. The summed E-state index contributed by atoms with van der Waals surface area (Å²) in [4.78, 5) is 29.6. The Kier molecular flexibility index (Phi) is 4.24. The van der Waals surface area contributed by atoms with Crippen LogP contribution in [-0.2, 0) is 11.3 Å². The topological polar surface area (TPSA) is 71.0 Å². The molecule has 7 heteroatoms. The van der Waals surface area contributed by atoms with E-state index in [4.69, 9.17) is 4.98 Å². The first-order valence-electron chi connectivity index (χ1n) is 9.50. The number of carbonyl (C=O) groups is 1. The van der Waals surface area contributed by atoms with Crippen LogP contribution < -0.4 is 10.2 Å². The van der Waals surface area contributed by atoms with E-state index in [1.54, 1.807) is 11.3 Å². The molecule has 1 atom stereocenters. The van der Waals surface area contributed by atoms with Crippen molar-refractivity contribution in [2.24, 2.45) is 0 Å². The Hall–Kier alpha value is -2.54. The molecule has 1 amide bonds. The second kappa shape index (κ2) is 6.88. The van der Waals surface area contributed by atoms with Crippen LogP contribution in [0.4, 0.5) is 5.13 Å². The van der Waals surface area contributed by atoms with Crippen molar-refractivity contribution in [1.82, 2.24) is 20.3 Å². The summed E-state index contributed by atoms with van der Waals surface area (Å²) in [5, 5.41) is 3.93. The first-order valence-corrected chi connectivity index (χ1v) is 10.3. The highest BCUT2D eigenvalue weighted by Gasteiger charge is 2.33. The number of fused-ring (bicyclic) bond motifs is 1. The number of nitrogens with one attached hydrogen (secondary N) is 1. The molecule has 138 valence electrons. The van der Waals surface area contributed by atoms with Crippen molar-refractivity contribution in [2.45, 2.75) is 44.2 Å². The number of rotatable bonds is 5. The summed E-state index contributed by atoms with van der Waals surface area (Å²) >= 11 is 1.55. The number of thiazole rings is 1. The number of nitrogens with zero attached hydrogens (tertiary/aromatic N) is 4. The molecule has 2 aromatic heterocycles. The summed E-state index contributed by atoms with van der Waals surface area (Å²) in [5.41, 5.74) is 2.88. The monoisotopic (exact) mass is 379 g/mol. The fraction of sp³-hybridized carbons (Fsp3) is 0.400. The van der Waals surface area contributed by atoms with E-state index in [-0.39, 0.29) is 11.9 Å². The van der Waals surface area contributed by atoms with Crippen LogP contribution in [0.2, 0.25) is 0 Å².